The summed E-state index contributed by atoms with van der Waals surface area (Å²) in [7, 11) is -1.48. The standard InChI is InChI=1S/C18H27B2FO4/c1-15(2)16(3,4)23-19(22-15)12-10-9-11-13(21)14(12)20-24-17(5,6)18(7,8)25-20/h9-11H,1-8H3. The summed E-state index contributed by atoms with van der Waals surface area (Å²) in [4.78, 5) is 0. The fourth-order valence-electron chi connectivity index (χ4n) is 2.94. The fraction of sp³-hybridized carbons (Fsp3) is 0.667. The molecule has 2 aliphatic heterocycles. The summed E-state index contributed by atoms with van der Waals surface area (Å²) >= 11 is 0. The number of hydrogen-bond donors (Lipinski definition) is 0. The molecule has 0 saturated carbocycles. The zero-order valence-electron chi connectivity index (χ0n) is 16.4. The second-order valence-corrected chi connectivity index (χ2v) is 8.92. The lowest BCUT2D eigenvalue weighted by molar-refractivity contribution is 0.00578. The van der Waals surface area contributed by atoms with Crippen LogP contribution in [0.4, 0.5) is 4.39 Å². The summed E-state index contributed by atoms with van der Waals surface area (Å²) in [5.74, 6) is -0.384. The molecule has 1 aromatic rings. The highest BCUT2D eigenvalue weighted by Crippen LogP contribution is 2.38. The minimum absolute atomic E-state index is 0.347. The predicted octanol–water partition coefficient (Wildman–Crippen LogP) is 2.42. The van der Waals surface area contributed by atoms with Gasteiger partial charge in [0, 0.05) is 5.46 Å². The van der Waals surface area contributed by atoms with E-state index >= 15 is 0 Å². The molecule has 136 valence electrons. The molecule has 2 aliphatic rings. The van der Waals surface area contributed by atoms with Gasteiger partial charge in [-0.2, -0.15) is 0 Å². The van der Waals surface area contributed by atoms with Crippen LogP contribution in [0.3, 0.4) is 0 Å². The first-order valence-electron chi connectivity index (χ1n) is 8.77. The van der Waals surface area contributed by atoms with Gasteiger partial charge in [-0.3, -0.25) is 0 Å². The van der Waals surface area contributed by atoms with Crippen molar-refractivity contribution in [3.8, 4) is 0 Å². The first-order valence-corrected chi connectivity index (χ1v) is 8.77. The molecule has 0 spiro atoms. The summed E-state index contributed by atoms with van der Waals surface area (Å²) < 4.78 is 39.1. The third-order valence-corrected chi connectivity index (χ3v) is 6.08. The van der Waals surface area contributed by atoms with E-state index in [0.29, 0.717) is 10.9 Å². The van der Waals surface area contributed by atoms with E-state index in [-0.39, 0.29) is 5.82 Å². The van der Waals surface area contributed by atoms with Crippen molar-refractivity contribution < 1.29 is 23.0 Å². The molecule has 0 amide bonds. The number of benzene rings is 1. The fourth-order valence-corrected chi connectivity index (χ4v) is 2.94. The van der Waals surface area contributed by atoms with Gasteiger partial charge in [0.15, 0.2) is 0 Å². The van der Waals surface area contributed by atoms with Crippen LogP contribution in [-0.2, 0) is 18.6 Å². The average Bonchev–Trinajstić information content (AvgIpc) is 2.78. The Morgan fingerprint density at radius 3 is 1.52 bits per heavy atom. The van der Waals surface area contributed by atoms with E-state index in [4.69, 9.17) is 18.6 Å². The molecule has 7 heteroatoms. The van der Waals surface area contributed by atoms with E-state index in [1.165, 1.54) is 6.07 Å². The number of rotatable bonds is 2. The van der Waals surface area contributed by atoms with Crippen LogP contribution in [0.5, 0.6) is 0 Å². The highest BCUT2D eigenvalue weighted by atomic mass is 19.1. The van der Waals surface area contributed by atoms with Crippen LogP contribution in [0.25, 0.3) is 0 Å². The highest BCUT2D eigenvalue weighted by Gasteiger charge is 2.56. The minimum atomic E-state index is -0.805. The molecule has 0 radical (unpaired) electrons. The summed E-state index contributed by atoms with van der Waals surface area (Å²) in [5, 5.41) is 0. The van der Waals surface area contributed by atoms with Crippen LogP contribution in [0.2, 0.25) is 0 Å². The molecule has 3 rings (SSSR count). The topological polar surface area (TPSA) is 36.9 Å². The molecule has 0 unspecified atom stereocenters. The second kappa shape index (κ2) is 5.56. The van der Waals surface area contributed by atoms with Gasteiger partial charge in [-0.1, -0.05) is 12.1 Å². The van der Waals surface area contributed by atoms with Gasteiger partial charge in [-0.25, -0.2) is 4.39 Å². The first-order chi connectivity index (χ1) is 11.3. The lowest BCUT2D eigenvalue weighted by atomic mass is 9.64. The zero-order valence-corrected chi connectivity index (χ0v) is 16.4. The Morgan fingerprint density at radius 2 is 1.08 bits per heavy atom. The van der Waals surface area contributed by atoms with Gasteiger partial charge in [-0.05, 0) is 66.9 Å². The molecule has 1 aromatic carbocycles. The lowest BCUT2D eigenvalue weighted by Gasteiger charge is -2.32. The number of halogens is 1. The smallest absolute Gasteiger partial charge is 0.399 e. The Bertz CT molecular complexity index is 656. The maximum Gasteiger partial charge on any atom is 0.497 e. The maximum absolute atomic E-state index is 14.8. The Balaban J connectivity index is 2.01. The average molecular weight is 348 g/mol. The quantitative estimate of drug-likeness (QED) is 0.770. The molecular formula is C18H27B2FO4. The van der Waals surface area contributed by atoms with Crippen molar-refractivity contribution >= 4 is 25.2 Å². The first kappa shape index (κ1) is 18.9. The maximum atomic E-state index is 14.8. The summed E-state index contributed by atoms with van der Waals surface area (Å²) in [5.41, 5.74) is -1.15. The Morgan fingerprint density at radius 1 is 0.680 bits per heavy atom. The Kier molecular flexibility index (Phi) is 4.20. The van der Waals surface area contributed by atoms with Gasteiger partial charge in [0.2, 0.25) is 0 Å². The SMILES string of the molecule is CC1(C)OB(c2cccc(F)c2B2OC(C)(C)C(C)(C)O2)OC1(C)C. The molecule has 4 nitrogen and oxygen atoms in total. The third kappa shape index (κ3) is 2.95. The Hall–Kier alpha value is -0.880. The normalized spacial score (nSPS) is 26.3. The molecule has 0 atom stereocenters. The van der Waals surface area contributed by atoms with Gasteiger partial charge >= 0.3 is 14.2 Å². The van der Waals surface area contributed by atoms with Crippen LogP contribution in [0.1, 0.15) is 55.4 Å². The zero-order chi connectivity index (χ0) is 18.8. The van der Waals surface area contributed by atoms with E-state index in [1.54, 1.807) is 6.07 Å². The van der Waals surface area contributed by atoms with Crippen LogP contribution in [-0.4, -0.2) is 36.6 Å². The van der Waals surface area contributed by atoms with Crippen LogP contribution in [0.15, 0.2) is 18.2 Å². The third-order valence-electron chi connectivity index (χ3n) is 6.08. The molecule has 2 fully saturated rings. The molecule has 2 heterocycles. The van der Waals surface area contributed by atoms with E-state index in [0.717, 1.165) is 0 Å². The van der Waals surface area contributed by atoms with Gasteiger partial charge in [0.1, 0.15) is 5.82 Å². The van der Waals surface area contributed by atoms with E-state index in [9.17, 15) is 4.39 Å². The number of hydrogen-bond acceptors (Lipinski definition) is 4. The summed E-state index contributed by atoms with van der Waals surface area (Å²) in [6.07, 6.45) is 0. The van der Waals surface area contributed by atoms with E-state index in [1.807, 2.05) is 61.5 Å². The molecule has 0 bridgehead atoms. The molecule has 25 heavy (non-hydrogen) atoms. The largest absolute Gasteiger partial charge is 0.497 e. The van der Waals surface area contributed by atoms with Crippen molar-refractivity contribution in [2.24, 2.45) is 0 Å². The van der Waals surface area contributed by atoms with Crippen molar-refractivity contribution in [2.75, 3.05) is 0 Å². The molecule has 0 N–H and O–H groups in total. The van der Waals surface area contributed by atoms with Gasteiger partial charge in [0.25, 0.3) is 0 Å². The van der Waals surface area contributed by atoms with Gasteiger partial charge < -0.3 is 18.6 Å². The second-order valence-electron chi connectivity index (χ2n) is 8.92. The highest BCUT2D eigenvalue weighted by molar-refractivity contribution is 6.74. The Labute approximate surface area is 150 Å². The monoisotopic (exact) mass is 348 g/mol. The molecule has 2 saturated heterocycles. The molecular weight excluding hydrogens is 321 g/mol. The summed E-state index contributed by atoms with van der Waals surface area (Å²) in [6.45, 7) is 15.7. The predicted molar refractivity (Wildman–Crippen MR) is 97.8 cm³/mol. The van der Waals surface area contributed by atoms with Gasteiger partial charge in [0.05, 0.1) is 22.4 Å². The van der Waals surface area contributed by atoms with Crippen molar-refractivity contribution in [1.82, 2.24) is 0 Å². The van der Waals surface area contributed by atoms with Crippen LogP contribution in [0, 0.1) is 5.82 Å². The van der Waals surface area contributed by atoms with E-state index < -0.39 is 36.6 Å². The molecule has 0 aromatic heterocycles. The van der Waals surface area contributed by atoms with E-state index in [2.05, 4.69) is 0 Å². The van der Waals surface area contributed by atoms with Crippen molar-refractivity contribution in [3.05, 3.63) is 24.0 Å². The lowest BCUT2D eigenvalue weighted by Crippen LogP contribution is -2.53. The van der Waals surface area contributed by atoms with Crippen molar-refractivity contribution in [3.63, 3.8) is 0 Å². The van der Waals surface area contributed by atoms with Crippen LogP contribution >= 0.6 is 0 Å². The summed E-state index contributed by atoms with van der Waals surface area (Å²) in [6, 6.07) is 4.88. The van der Waals surface area contributed by atoms with Crippen molar-refractivity contribution in [1.29, 1.82) is 0 Å². The van der Waals surface area contributed by atoms with Gasteiger partial charge in [-0.15, -0.1) is 0 Å². The van der Waals surface area contributed by atoms with Crippen LogP contribution < -0.4 is 10.9 Å². The van der Waals surface area contributed by atoms with Crippen molar-refractivity contribution in [2.45, 2.75) is 77.8 Å². The minimum Gasteiger partial charge on any atom is -0.399 e. The molecule has 0 aliphatic carbocycles.